The Morgan fingerprint density at radius 1 is 0.963 bits per heavy atom. The van der Waals surface area contributed by atoms with Crippen LogP contribution in [0.3, 0.4) is 0 Å². The molecule has 2 N–H and O–H groups in total. The summed E-state index contributed by atoms with van der Waals surface area (Å²) in [6.45, 7) is 23.5. The molecule has 10 atom stereocenters. The van der Waals surface area contributed by atoms with E-state index in [-0.39, 0.29) is 30.0 Å². The van der Waals surface area contributed by atoms with Gasteiger partial charge in [-0.3, -0.25) is 4.79 Å². The van der Waals surface area contributed by atoms with Crippen LogP contribution in [0.4, 0.5) is 0 Å². The third-order valence-corrected chi connectivity index (χ3v) is 17.1. The molecule has 0 aromatic heterocycles. The second-order valence-corrected chi connectivity index (χ2v) is 19.7. The number of carboxylic acids is 1. The summed E-state index contributed by atoms with van der Waals surface area (Å²) in [6, 6.07) is 0. The number of likely N-dealkylation sites (tertiary alicyclic amines) is 1. The number of piperidine rings is 1. The van der Waals surface area contributed by atoms with E-state index in [1.807, 2.05) is 0 Å². The molecule has 2 heterocycles. The molecular weight excluding hydrogens is 673 g/mol. The number of rotatable bonds is 19. The molecule has 2 aliphatic heterocycles. The lowest BCUT2D eigenvalue weighted by Gasteiger charge is -2.60. The molecule has 6 unspecified atom stereocenters. The smallest absolute Gasteiger partial charge is 0.315 e. The summed E-state index contributed by atoms with van der Waals surface area (Å²) in [4.78, 5) is 35.9. The van der Waals surface area contributed by atoms with Crippen LogP contribution >= 0.6 is 0 Å². The van der Waals surface area contributed by atoms with Crippen LogP contribution in [0.15, 0.2) is 11.6 Å². The quantitative estimate of drug-likeness (QED) is 0.0805. The summed E-state index contributed by atoms with van der Waals surface area (Å²) in [5.41, 5.74) is -1.47. The van der Waals surface area contributed by atoms with Crippen LogP contribution in [-0.4, -0.2) is 116 Å². The van der Waals surface area contributed by atoms with Gasteiger partial charge in [-0.25, -0.2) is 0 Å². The van der Waals surface area contributed by atoms with Crippen molar-refractivity contribution < 1.29 is 19.4 Å². The second kappa shape index (κ2) is 17.3. The van der Waals surface area contributed by atoms with E-state index < -0.39 is 22.2 Å². The van der Waals surface area contributed by atoms with Crippen molar-refractivity contribution in [1.29, 1.82) is 0 Å². The number of carbonyl (C=O) groups is 2. The predicted octanol–water partition coefficient (Wildman–Crippen LogP) is 7.37. The molecule has 54 heavy (non-hydrogen) atoms. The number of carboxylic acid groups (broad SMARTS) is 1. The zero-order valence-electron chi connectivity index (χ0n) is 35.0. The van der Waals surface area contributed by atoms with Gasteiger partial charge in [0.05, 0.1) is 17.6 Å². The van der Waals surface area contributed by atoms with E-state index in [0.717, 1.165) is 90.0 Å². The largest absolute Gasteiger partial charge is 0.481 e. The van der Waals surface area contributed by atoms with E-state index in [1.165, 1.54) is 77.3 Å². The summed E-state index contributed by atoms with van der Waals surface area (Å²) in [5.74, 6) is 1.67. The fourth-order valence-electron chi connectivity index (χ4n) is 14.6. The van der Waals surface area contributed by atoms with E-state index >= 15 is 0 Å². The van der Waals surface area contributed by atoms with E-state index in [2.05, 4.69) is 60.7 Å². The molecule has 5 aliphatic carbocycles. The highest BCUT2D eigenvalue weighted by molar-refractivity contribution is 5.90. The summed E-state index contributed by atoms with van der Waals surface area (Å²) in [7, 11) is 0. The Morgan fingerprint density at radius 2 is 1.69 bits per heavy atom. The van der Waals surface area contributed by atoms with Gasteiger partial charge in [-0.05, 0) is 126 Å². The third-order valence-electron chi connectivity index (χ3n) is 17.1. The minimum absolute atomic E-state index is 0.0976. The van der Waals surface area contributed by atoms with Crippen LogP contribution < -0.4 is 5.32 Å². The maximum Gasteiger partial charge on any atom is 0.315 e. The minimum atomic E-state index is -1.15. The standard InChI is InChI=1S/C46H78N4O4/c1-6-48(25-19-47-20-26-50-21-12-9-13-22-50)23-14-24-49(7-2)31-41-37(35-15-10-8-11-16-35)28-42(54-41)45-30-38-34(5)17-18-39(38)44(32-51)29-36(45)27-40(33(3)4)46(44,45)43(52)53/h27,32-39,41-42,47H,6-26,28-31H2,1-5H3,(H,52,53)/t34-,36?,37?,38-,39-,41?,42?,44?,45?,46+/m1/s1. The Kier molecular flexibility index (Phi) is 13.1. The molecule has 2 saturated heterocycles. The van der Waals surface area contributed by atoms with Crippen LogP contribution in [0.5, 0.6) is 0 Å². The molecule has 0 amide bonds. The Labute approximate surface area is 328 Å². The number of likely N-dealkylation sites (N-methyl/N-ethyl adjacent to an activating group) is 2. The normalized spacial score (nSPS) is 39.6. The number of aliphatic carboxylic acids is 1. The number of hydrogen-bond donors (Lipinski definition) is 2. The fourth-order valence-corrected chi connectivity index (χ4v) is 14.6. The van der Waals surface area contributed by atoms with Gasteiger partial charge in [0.1, 0.15) is 11.7 Å². The van der Waals surface area contributed by atoms with Crippen LogP contribution in [0.1, 0.15) is 125 Å². The average molecular weight is 751 g/mol. The van der Waals surface area contributed by atoms with Crippen LogP contribution in [0.25, 0.3) is 0 Å². The summed E-state index contributed by atoms with van der Waals surface area (Å²) in [5, 5.41) is 15.4. The van der Waals surface area contributed by atoms with Gasteiger partial charge in [0.25, 0.3) is 0 Å². The minimum Gasteiger partial charge on any atom is -0.481 e. The number of ether oxygens (including phenoxy) is 1. The highest BCUT2D eigenvalue weighted by atomic mass is 16.5. The Morgan fingerprint density at radius 3 is 2.37 bits per heavy atom. The molecule has 0 radical (unpaired) electrons. The van der Waals surface area contributed by atoms with Crippen molar-refractivity contribution in [1.82, 2.24) is 20.0 Å². The highest BCUT2D eigenvalue weighted by Crippen LogP contribution is 2.84. The molecule has 6 fully saturated rings. The Hall–Kier alpha value is -1.32. The van der Waals surface area contributed by atoms with Gasteiger partial charge >= 0.3 is 5.97 Å². The first-order chi connectivity index (χ1) is 26.2. The number of allylic oxidation sites excluding steroid dienone is 1. The molecule has 4 bridgehead atoms. The highest BCUT2D eigenvalue weighted by Gasteiger charge is 2.86. The molecule has 8 heteroatoms. The molecule has 306 valence electrons. The third kappa shape index (κ3) is 6.90. The number of hydrogen-bond acceptors (Lipinski definition) is 7. The van der Waals surface area contributed by atoms with Gasteiger partial charge in [0.15, 0.2) is 0 Å². The topological polar surface area (TPSA) is 85.3 Å². The molecule has 0 aromatic rings. The lowest BCUT2D eigenvalue weighted by molar-refractivity contribution is -0.197. The van der Waals surface area contributed by atoms with Gasteiger partial charge < -0.3 is 34.7 Å². The van der Waals surface area contributed by atoms with Crippen molar-refractivity contribution in [2.75, 3.05) is 72.0 Å². The summed E-state index contributed by atoms with van der Waals surface area (Å²) >= 11 is 0. The Balaban J connectivity index is 1.06. The first-order valence-electron chi connectivity index (χ1n) is 23.1. The van der Waals surface area contributed by atoms with Crippen LogP contribution in [-0.2, 0) is 14.3 Å². The lowest BCUT2D eigenvalue weighted by atomic mass is 9.41. The SMILES string of the molecule is CCN(CCCN(CC)CC1OC(C23C[C@@H]4[C@H](C)CC[C@H]4C4(C=O)CC2C=C(C(C)C)[C@@]34C(=O)O)CC1C1CCCCC1)CCNCCN1CCCCC1. The van der Waals surface area contributed by atoms with Gasteiger partial charge in [0.2, 0.25) is 0 Å². The van der Waals surface area contributed by atoms with Crippen molar-refractivity contribution in [3.63, 3.8) is 0 Å². The van der Waals surface area contributed by atoms with Gasteiger partial charge in [-0.1, -0.05) is 91.2 Å². The number of nitrogens with zero attached hydrogens (tertiary/aromatic N) is 3. The number of aldehydes is 1. The second-order valence-electron chi connectivity index (χ2n) is 19.7. The number of nitrogens with one attached hydrogen (secondary N) is 1. The van der Waals surface area contributed by atoms with Gasteiger partial charge in [0, 0.05) is 38.1 Å². The molecule has 7 rings (SSSR count). The molecule has 8 nitrogen and oxygen atoms in total. The van der Waals surface area contributed by atoms with E-state index in [4.69, 9.17) is 4.74 Å². The van der Waals surface area contributed by atoms with Gasteiger partial charge in [-0.15, -0.1) is 0 Å². The van der Waals surface area contributed by atoms with E-state index in [0.29, 0.717) is 30.1 Å². The predicted molar refractivity (Wildman–Crippen MR) is 217 cm³/mol. The first kappa shape index (κ1) is 40.9. The zero-order valence-corrected chi connectivity index (χ0v) is 35.0. The zero-order chi connectivity index (χ0) is 38.1. The first-order valence-corrected chi connectivity index (χ1v) is 23.1. The maximum absolute atomic E-state index is 14.3. The molecule has 7 aliphatic rings. The summed E-state index contributed by atoms with van der Waals surface area (Å²) in [6.07, 6.45) is 20.0. The molecule has 0 spiro atoms. The van der Waals surface area contributed by atoms with E-state index in [9.17, 15) is 14.7 Å². The molecule has 0 aromatic carbocycles. The van der Waals surface area contributed by atoms with Crippen LogP contribution in [0, 0.1) is 57.7 Å². The summed E-state index contributed by atoms with van der Waals surface area (Å²) < 4.78 is 7.57. The van der Waals surface area contributed by atoms with Crippen molar-refractivity contribution in [3.8, 4) is 0 Å². The number of carbonyl (C=O) groups excluding carboxylic acids is 1. The lowest BCUT2D eigenvalue weighted by Crippen LogP contribution is -2.65. The monoisotopic (exact) mass is 751 g/mol. The fraction of sp³-hybridized carbons (Fsp3) is 0.913. The molecular formula is C46H78N4O4. The molecule has 4 saturated carbocycles. The average Bonchev–Trinajstić information content (AvgIpc) is 3.91. The van der Waals surface area contributed by atoms with Crippen molar-refractivity contribution >= 4 is 12.3 Å². The van der Waals surface area contributed by atoms with Crippen molar-refractivity contribution in [2.24, 2.45) is 57.7 Å². The number of fused-ring (bicyclic) bond motifs is 2. The van der Waals surface area contributed by atoms with Crippen LogP contribution in [0.2, 0.25) is 0 Å². The van der Waals surface area contributed by atoms with Gasteiger partial charge in [-0.2, -0.15) is 0 Å². The Bertz CT molecular complexity index is 1310. The van der Waals surface area contributed by atoms with Crippen molar-refractivity contribution in [2.45, 2.75) is 137 Å². The van der Waals surface area contributed by atoms with E-state index in [1.54, 1.807) is 0 Å². The van der Waals surface area contributed by atoms with Crippen molar-refractivity contribution in [3.05, 3.63) is 11.6 Å². The maximum atomic E-state index is 14.3.